The fourth-order valence-corrected chi connectivity index (χ4v) is 4.22. The second-order valence-corrected chi connectivity index (χ2v) is 8.27. The number of carbonyl (C=O) groups is 1. The van der Waals surface area contributed by atoms with Crippen LogP contribution >= 0.6 is 23.4 Å². The Kier molecular flexibility index (Phi) is 6.20. The summed E-state index contributed by atoms with van der Waals surface area (Å²) in [6.45, 7) is 1.99. The number of ketones is 1. The van der Waals surface area contributed by atoms with Crippen LogP contribution in [0.25, 0.3) is 16.9 Å². The molecule has 0 unspecified atom stereocenters. The molecule has 0 aliphatic rings. The Hall–Kier alpha value is -2.96. The molecule has 3 aromatic carbocycles. The Morgan fingerprint density at radius 3 is 2.55 bits per heavy atom. The minimum Gasteiger partial charge on any atom is -0.293 e. The number of nitrogens with zero attached hydrogens (tertiary/aromatic N) is 2. The van der Waals surface area contributed by atoms with E-state index in [0.29, 0.717) is 10.2 Å². The topological polar surface area (TPSA) is 34.9 Å². The molecule has 0 atom stereocenters. The SMILES string of the molecule is Cc1ccccc1-n1c(-c2ccc(Cl)cc2)cnc1SCC(=O)c1cc(F)ccc1F. The third-order valence-electron chi connectivity index (χ3n) is 4.79. The predicted octanol–water partition coefficient (Wildman–Crippen LogP) is 6.75. The van der Waals surface area contributed by atoms with Crippen molar-refractivity contribution in [3.8, 4) is 16.9 Å². The van der Waals surface area contributed by atoms with Crippen molar-refractivity contribution in [1.82, 2.24) is 9.55 Å². The molecule has 0 amide bonds. The number of aryl methyl sites for hydroxylation is 1. The van der Waals surface area contributed by atoms with Gasteiger partial charge in [-0.2, -0.15) is 0 Å². The number of thioether (sulfide) groups is 1. The molecule has 4 aromatic rings. The van der Waals surface area contributed by atoms with Gasteiger partial charge in [0.2, 0.25) is 0 Å². The number of carbonyl (C=O) groups excluding carboxylic acids is 1. The van der Waals surface area contributed by atoms with E-state index in [1.165, 1.54) is 11.8 Å². The van der Waals surface area contributed by atoms with Gasteiger partial charge in [-0.15, -0.1) is 0 Å². The van der Waals surface area contributed by atoms with Gasteiger partial charge >= 0.3 is 0 Å². The highest BCUT2D eigenvalue weighted by molar-refractivity contribution is 7.99. The molecular formula is C24H17ClF2N2OS. The smallest absolute Gasteiger partial charge is 0.176 e. The van der Waals surface area contributed by atoms with Crippen LogP contribution < -0.4 is 0 Å². The summed E-state index contributed by atoms with van der Waals surface area (Å²) in [4.78, 5) is 17.1. The lowest BCUT2D eigenvalue weighted by Crippen LogP contribution is -2.08. The lowest BCUT2D eigenvalue weighted by Gasteiger charge is -2.14. The van der Waals surface area contributed by atoms with Crippen molar-refractivity contribution in [2.75, 3.05) is 5.75 Å². The first kappa shape index (κ1) is 21.3. The third-order valence-corrected chi connectivity index (χ3v) is 5.99. The van der Waals surface area contributed by atoms with Gasteiger partial charge < -0.3 is 0 Å². The zero-order chi connectivity index (χ0) is 22.0. The van der Waals surface area contributed by atoms with Gasteiger partial charge in [-0.25, -0.2) is 13.8 Å². The summed E-state index contributed by atoms with van der Waals surface area (Å²) >= 11 is 7.21. The molecular weight excluding hydrogens is 438 g/mol. The number of para-hydroxylation sites is 1. The van der Waals surface area contributed by atoms with Crippen LogP contribution in [0.5, 0.6) is 0 Å². The van der Waals surface area contributed by atoms with Gasteiger partial charge in [-0.3, -0.25) is 9.36 Å². The van der Waals surface area contributed by atoms with Gasteiger partial charge in [0, 0.05) is 10.6 Å². The maximum absolute atomic E-state index is 14.0. The lowest BCUT2D eigenvalue weighted by atomic mass is 10.1. The van der Waals surface area contributed by atoms with Crippen molar-refractivity contribution in [3.05, 3.63) is 101 Å². The summed E-state index contributed by atoms with van der Waals surface area (Å²) in [5, 5.41) is 1.20. The van der Waals surface area contributed by atoms with E-state index >= 15 is 0 Å². The Bertz CT molecular complexity index is 1250. The molecule has 0 radical (unpaired) electrons. The van der Waals surface area contributed by atoms with Crippen LogP contribution in [0.15, 0.2) is 78.1 Å². The Balaban J connectivity index is 1.71. The van der Waals surface area contributed by atoms with E-state index in [1.807, 2.05) is 47.9 Å². The van der Waals surface area contributed by atoms with E-state index in [1.54, 1.807) is 18.3 Å². The van der Waals surface area contributed by atoms with Crippen molar-refractivity contribution in [1.29, 1.82) is 0 Å². The highest BCUT2D eigenvalue weighted by Gasteiger charge is 2.19. The molecule has 156 valence electrons. The molecule has 0 fully saturated rings. The largest absolute Gasteiger partial charge is 0.293 e. The van der Waals surface area contributed by atoms with E-state index in [0.717, 1.165) is 40.7 Å². The van der Waals surface area contributed by atoms with Gasteiger partial charge in [-0.05, 0) is 48.9 Å². The molecule has 7 heteroatoms. The molecule has 0 bridgehead atoms. The number of aromatic nitrogens is 2. The summed E-state index contributed by atoms with van der Waals surface area (Å²) in [5.74, 6) is -1.98. The van der Waals surface area contributed by atoms with Crippen molar-refractivity contribution in [2.45, 2.75) is 12.1 Å². The zero-order valence-corrected chi connectivity index (χ0v) is 18.1. The summed E-state index contributed by atoms with van der Waals surface area (Å²) in [7, 11) is 0. The fourth-order valence-electron chi connectivity index (χ4n) is 3.23. The first-order chi connectivity index (χ1) is 14.9. The highest BCUT2D eigenvalue weighted by atomic mass is 35.5. The third kappa shape index (κ3) is 4.55. The quantitative estimate of drug-likeness (QED) is 0.238. The number of imidazole rings is 1. The van der Waals surface area contributed by atoms with Gasteiger partial charge in [0.05, 0.1) is 28.9 Å². The van der Waals surface area contributed by atoms with Crippen LogP contribution in [-0.4, -0.2) is 21.1 Å². The van der Waals surface area contributed by atoms with Crippen LogP contribution in [0.3, 0.4) is 0 Å². The first-order valence-corrected chi connectivity index (χ1v) is 10.8. The summed E-state index contributed by atoms with van der Waals surface area (Å²) in [5.41, 5.74) is 3.42. The van der Waals surface area contributed by atoms with E-state index in [9.17, 15) is 13.6 Å². The Labute approximate surface area is 187 Å². The van der Waals surface area contributed by atoms with Gasteiger partial charge in [-0.1, -0.05) is 53.7 Å². The second-order valence-electron chi connectivity index (χ2n) is 6.89. The monoisotopic (exact) mass is 454 g/mol. The Morgan fingerprint density at radius 2 is 1.81 bits per heavy atom. The molecule has 0 spiro atoms. The maximum atomic E-state index is 14.0. The molecule has 0 aliphatic heterocycles. The second kappa shape index (κ2) is 9.04. The molecule has 4 rings (SSSR count). The average Bonchev–Trinajstić information content (AvgIpc) is 3.18. The van der Waals surface area contributed by atoms with Gasteiger partial charge in [0.25, 0.3) is 0 Å². The first-order valence-electron chi connectivity index (χ1n) is 9.45. The lowest BCUT2D eigenvalue weighted by molar-refractivity contribution is 0.101. The zero-order valence-electron chi connectivity index (χ0n) is 16.5. The minimum atomic E-state index is -0.740. The summed E-state index contributed by atoms with van der Waals surface area (Å²) in [6.07, 6.45) is 1.73. The molecule has 31 heavy (non-hydrogen) atoms. The van der Waals surface area contributed by atoms with Crippen LogP contribution in [-0.2, 0) is 0 Å². The van der Waals surface area contributed by atoms with Gasteiger partial charge in [0.1, 0.15) is 11.6 Å². The number of hydrogen-bond donors (Lipinski definition) is 0. The van der Waals surface area contributed by atoms with Crippen molar-refractivity contribution < 1.29 is 13.6 Å². The number of rotatable bonds is 6. The number of Topliss-reactive ketones (excluding diaryl/α,β-unsaturated/α-hetero) is 1. The molecule has 1 aromatic heterocycles. The fraction of sp³-hybridized carbons (Fsp3) is 0.0833. The van der Waals surface area contributed by atoms with Gasteiger partial charge in [0.15, 0.2) is 10.9 Å². The molecule has 0 saturated carbocycles. The van der Waals surface area contributed by atoms with E-state index in [-0.39, 0.29) is 11.3 Å². The number of halogens is 3. The molecule has 1 heterocycles. The maximum Gasteiger partial charge on any atom is 0.176 e. The summed E-state index contributed by atoms with van der Waals surface area (Å²) < 4.78 is 29.4. The highest BCUT2D eigenvalue weighted by Crippen LogP contribution is 2.32. The average molecular weight is 455 g/mol. The standard InChI is InChI=1S/C24H17ClF2N2OS/c1-15-4-2-3-5-21(15)29-22(16-6-8-17(25)9-7-16)13-28-24(29)31-14-23(30)19-12-18(26)10-11-20(19)27/h2-13H,14H2,1H3. The normalized spacial score (nSPS) is 11.0. The Morgan fingerprint density at radius 1 is 1.06 bits per heavy atom. The van der Waals surface area contributed by atoms with Crippen molar-refractivity contribution in [2.24, 2.45) is 0 Å². The molecule has 0 saturated heterocycles. The number of hydrogen-bond acceptors (Lipinski definition) is 3. The van der Waals surface area contributed by atoms with Crippen LogP contribution in [0, 0.1) is 18.6 Å². The van der Waals surface area contributed by atoms with Crippen molar-refractivity contribution in [3.63, 3.8) is 0 Å². The van der Waals surface area contributed by atoms with Crippen LogP contribution in [0.4, 0.5) is 8.78 Å². The predicted molar refractivity (Wildman–Crippen MR) is 120 cm³/mol. The van der Waals surface area contributed by atoms with Crippen LogP contribution in [0.2, 0.25) is 5.02 Å². The van der Waals surface area contributed by atoms with Crippen molar-refractivity contribution >= 4 is 29.1 Å². The number of benzene rings is 3. The molecule has 0 aliphatic carbocycles. The minimum absolute atomic E-state index is 0.0800. The molecule has 0 N–H and O–H groups in total. The van der Waals surface area contributed by atoms with E-state index in [2.05, 4.69) is 4.98 Å². The van der Waals surface area contributed by atoms with Crippen LogP contribution in [0.1, 0.15) is 15.9 Å². The molecule has 3 nitrogen and oxygen atoms in total. The van der Waals surface area contributed by atoms with E-state index < -0.39 is 17.4 Å². The van der Waals surface area contributed by atoms with E-state index in [4.69, 9.17) is 11.6 Å². The summed E-state index contributed by atoms with van der Waals surface area (Å²) in [6, 6.07) is 18.1.